The van der Waals surface area contributed by atoms with Crippen LogP contribution in [-0.4, -0.2) is 89.7 Å². The van der Waals surface area contributed by atoms with Gasteiger partial charge in [-0.25, -0.2) is 4.79 Å². The maximum Gasteiger partial charge on any atom is 0.326 e. The first-order valence-corrected chi connectivity index (χ1v) is 10.5. The van der Waals surface area contributed by atoms with Crippen molar-refractivity contribution < 1.29 is 29.4 Å². The van der Waals surface area contributed by atoms with Crippen LogP contribution in [0.25, 0.3) is 0 Å². The molecule has 0 aromatic carbocycles. The highest BCUT2D eigenvalue weighted by Crippen LogP contribution is 2.01. The van der Waals surface area contributed by atoms with Gasteiger partial charge in [-0.05, 0) is 31.3 Å². The maximum absolute atomic E-state index is 12.1. The zero-order valence-electron chi connectivity index (χ0n) is 16.8. The highest BCUT2D eigenvalue weighted by molar-refractivity contribution is 7.98. The molecule has 0 fully saturated rings. The van der Waals surface area contributed by atoms with Crippen molar-refractivity contribution in [1.29, 1.82) is 0 Å². The summed E-state index contributed by atoms with van der Waals surface area (Å²) in [5, 5.41) is 25.3. The first kappa shape index (κ1) is 27.4. The van der Waals surface area contributed by atoms with Crippen LogP contribution in [0.1, 0.15) is 19.3 Å². The molecule has 0 saturated carbocycles. The number of guanidine groups is 1. The van der Waals surface area contributed by atoms with Crippen LogP contribution < -0.4 is 33.2 Å². The highest BCUT2D eigenvalue weighted by atomic mass is 32.2. The Hall–Kier alpha value is -2.58. The predicted molar refractivity (Wildman–Crippen MR) is 112 cm³/mol. The van der Waals surface area contributed by atoms with Crippen LogP contribution in [0.4, 0.5) is 0 Å². The van der Waals surface area contributed by atoms with Crippen molar-refractivity contribution in [2.75, 3.05) is 31.7 Å². The number of aliphatic carboxylic acids is 1. The third-order valence-electron chi connectivity index (χ3n) is 3.79. The smallest absolute Gasteiger partial charge is 0.326 e. The minimum atomic E-state index is -1.36. The van der Waals surface area contributed by atoms with Crippen LogP contribution in [0.15, 0.2) is 4.99 Å². The monoisotopic (exact) mass is 449 g/mol. The number of hydrogen-bond acceptors (Lipinski definition) is 8. The number of carboxylic acids is 1. The van der Waals surface area contributed by atoms with Crippen molar-refractivity contribution in [1.82, 2.24) is 16.0 Å². The third kappa shape index (κ3) is 12.1. The van der Waals surface area contributed by atoms with Gasteiger partial charge < -0.3 is 43.4 Å². The summed E-state index contributed by atoms with van der Waals surface area (Å²) < 4.78 is 0. The molecule has 0 aliphatic rings. The quantitative estimate of drug-likeness (QED) is 0.0691. The Bertz CT molecular complexity index is 615. The van der Waals surface area contributed by atoms with E-state index in [0.29, 0.717) is 25.1 Å². The number of carbonyl (C=O) groups is 4. The average molecular weight is 450 g/mol. The number of carbonyl (C=O) groups excluding carboxylic acids is 3. The number of aliphatic hydroxyl groups excluding tert-OH is 1. The Morgan fingerprint density at radius 2 is 1.73 bits per heavy atom. The number of aliphatic imine (C=N–C) groups is 1. The molecular formula is C16H31N7O6S. The molecule has 0 rings (SSSR count). The Labute approximate surface area is 178 Å². The molecule has 3 unspecified atom stereocenters. The van der Waals surface area contributed by atoms with E-state index in [9.17, 15) is 24.3 Å². The van der Waals surface area contributed by atoms with E-state index in [1.807, 2.05) is 0 Å². The number of carboxylic acid groups (broad SMARTS) is 1. The molecule has 11 N–H and O–H groups in total. The molecule has 30 heavy (non-hydrogen) atoms. The standard InChI is InChI=1S/C16H31N7O6S/c1-30-6-4-10(15(28)29)23-14(27)11(8-24)22-12(25)7-21-13(26)9(17)3-2-5-20-16(18)19/h9-11,24H,2-8,17H2,1H3,(H,21,26)(H,22,25)(H,23,27)(H,28,29)(H4,18,19,20). The van der Waals surface area contributed by atoms with Gasteiger partial charge in [0.25, 0.3) is 0 Å². The number of nitrogens with zero attached hydrogens (tertiary/aromatic N) is 1. The van der Waals surface area contributed by atoms with E-state index in [-0.39, 0.29) is 12.4 Å². The second-order valence-corrected chi connectivity index (χ2v) is 7.24. The fourth-order valence-electron chi connectivity index (χ4n) is 2.15. The van der Waals surface area contributed by atoms with E-state index < -0.39 is 55.0 Å². The van der Waals surface area contributed by atoms with Crippen LogP contribution in [0.5, 0.6) is 0 Å². The SMILES string of the molecule is CSCCC(NC(=O)C(CO)NC(=O)CNC(=O)C(N)CCCN=C(N)N)C(=O)O. The van der Waals surface area contributed by atoms with Gasteiger partial charge in [-0.15, -0.1) is 0 Å². The van der Waals surface area contributed by atoms with E-state index in [1.54, 1.807) is 6.26 Å². The Morgan fingerprint density at radius 3 is 2.27 bits per heavy atom. The summed E-state index contributed by atoms with van der Waals surface area (Å²) in [5.41, 5.74) is 16.1. The highest BCUT2D eigenvalue weighted by Gasteiger charge is 2.26. The first-order valence-electron chi connectivity index (χ1n) is 9.13. The molecule has 0 bridgehead atoms. The van der Waals surface area contributed by atoms with Gasteiger partial charge >= 0.3 is 5.97 Å². The van der Waals surface area contributed by atoms with Gasteiger partial charge in [0.05, 0.1) is 19.2 Å². The number of nitrogens with one attached hydrogen (secondary N) is 3. The van der Waals surface area contributed by atoms with Gasteiger partial charge in [0.15, 0.2) is 5.96 Å². The van der Waals surface area contributed by atoms with E-state index >= 15 is 0 Å². The number of thioether (sulfide) groups is 1. The fourth-order valence-corrected chi connectivity index (χ4v) is 2.63. The van der Waals surface area contributed by atoms with Crippen molar-refractivity contribution in [3.05, 3.63) is 0 Å². The summed E-state index contributed by atoms with van der Waals surface area (Å²) in [4.78, 5) is 50.9. The third-order valence-corrected chi connectivity index (χ3v) is 4.43. The lowest BCUT2D eigenvalue weighted by Gasteiger charge is -2.20. The predicted octanol–water partition coefficient (Wildman–Crippen LogP) is -3.72. The molecule has 172 valence electrons. The summed E-state index contributed by atoms with van der Waals surface area (Å²) in [5.74, 6) is -2.95. The average Bonchev–Trinajstić information content (AvgIpc) is 2.69. The normalized spacial score (nSPS) is 13.4. The first-order chi connectivity index (χ1) is 14.1. The lowest BCUT2D eigenvalue weighted by molar-refractivity contribution is -0.142. The fraction of sp³-hybridized carbons (Fsp3) is 0.688. The molecule has 0 saturated heterocycles. The Balaban J connectivity index is 4.47. The van der Waals surface area contributed by atoms with E-state index in [0.717, 1.165) is 0 Å². The lowest BCUT2D eigenvalue weighted by atomic mass is 10.1. The summed E-state index contributed by atoms with van der Waals surface area (Å²) in [6.07, 6.45) is 2.73. The maximum atomic E-state index is 12.1. The van der Waals surface area contributed by atoms with Gasteiger partial charge in [-0.1, -0.05) is 0 Å². The number of aliphatic hydroxyl groups is 1. The molecular weight excluding hydrogens is 418 g/mol. The lowest BCUT2D eigenvalue weighted by Crippen LogP contribution is -2.55. The van der Waals surface area contributed by atoms with E-state index in [4.69, 9.17) is 22.3 Å². The zero-order chi connectivity index (χ0) is 23.1. The van der Waals surface area contributed by atoms with Crippen LogP contribution in [0.2, 0.25) is 0 Å². The molecule has 0 heterocycles. The van der Waals surface area contributed by atoms with Crippen molar-refractivity contribution >= 4 is 41.4 Å². The Morgan fingerprint density at radius 1 is 1.07 bits per heavy atom. The van der Waals surface area contributed by atoms with Gasteiger partial charge in [0.1, 0.15) is 12.1 Å². The number of nitrogens with two attached hydrogens (primary N) is 3. The van der Waals surface area contributed by atoms with E-state index in [2.05, 4.69) is 20.9 Å². The molecule has 14 heteroatoms. The molecule has 3 atom stereocenters. The van der Waals surface area contributed by atoms with Crippen LogP contribution in [-0.2, 0) is 19.2 Å². The zero-order valence-corrected chi connectivity index (χ0v) is 17.6. The largest absolute Gasteiger partial charge is 0.480 e. The number of hydrogen-bond donors (Lipinski definition) is 8. The van der Waals surface area contributed by atoms with Gasteiger partial charge in [-0.3, -0.25) is 19.4 Å². The van der Waals surface area contributed by atoms with Crippen molar-refractivity contribution in [2.45, 2.75) is 37.4 Å². The molecule has 0 radical (unpaired) electrons. The van der Waals surface area contributed by atoms with Gasteiger partial charge in [0.2, 0.25) is 17.7 Å². The van der Waals surface area contributed by atoms with Crippen LogP contribution in [0, 0.1) is 0 Å². The summed E-state index contributed by atoms with van der Waals surface area (Å²) in [7, 11) is 0. The molecule has 0 spiro atoms. The van der Waals surface area contributed by atoms with Gasteiger partial charge in [0, 0.05) is 6.54 Å². The topological polar surface area (TPSA) is 235 Å². The van der Waals surface area contributed by atoms with Crippen molar-refractivity contribution in [3.63, 3.8) is 0 Å². The van der Waals surface area contributed by atoms with Crippen LogP contribution >= 0.6 is 11.8 Å². The minimum Gasteiger partial charge on any atom is -0.480 e. The molecule has 3 amide bonds. The molecule has 13 nitrogen and oxygen atoms in total. The van der Waals surface area contributed by atoms with Crippen molar-refractivity contribution in [2.24, 2.45) is 22.2 Å². The number of rotatable bonds is 15. The number of amides is 3. The summed E-state index contributed by atoms with van der Waals surface area (Å²) >= 11 is 1.42. The van der Waals surface area contributed by atoms with E-state index in [1.165, 1.54) is 11.8 Å². The minimum absolute atomic E-state index is 0.0638. The molecule has 0 aromatic rings. The van der Waals surface area contributed by atoms with Crippen molar-refractivity contribution in [3.8, 4) is 0 Å². The molecule has 0 aliphatic heterocycles. The van der Waals surface area contributed by atoms with Crippen LogP contribution in [0.3, 0.4) is 0 Å². The summed E-state index contributed by atoms with van der Waals surface area (Å²) in [6, 6.07) is -3.39. The summed E-state index contributed by atoms with van der Waals surface area (Å²) in [6.45, 7) is -0.908. The Kier molecular flexibility index (Phi) is 14.0. The molecule has 0 aromatic heterocycles. The molecule has 0 aliphatic carbocycles. The second-order valence-electron chi connectivity index (χ2n) is 6.26. The second kappa shape index (κ2) is 15.3. The van der Waals surface area contributed by atoms with Gasteiger partial charge in [-0.2, -0.15) is 11.8 Å².